The molecule has 2 N–H and O–H groups in total. The third kappa shape index (κ3) is 3.66. The van der Waals surface area contributed by atoms with Gasteiger partial charge >= 0.3 is 0 Å². The molecule has 0 aliphatic heterocycles. The van der Waals surface area contributed by atoms with Crippen molar-refractivity contribution >= 4 is 11.5 Å². The van der Waals surface area contributed by atoms with Gasteiger partial charge in [0.2, 0.25) is 0 Å². The summed E-state index contributed by atoms with van der Waals surface area (Å²) in [5.74, 6) is 2.37. The SMILES string of the molecule is CNCCc1nccc(Nc2ccccc2OC)n1. The summed E-state index contributed by atoms with van der Waals surface area (Å²) in [5.41, 5.74) is 0.892. The summed E-state index contributed by atoms with van der Waals surface area (Å²) in [6, 6.07) is 9.59. The van der Waals surface area contributed by atoms with E-state index in [-0.39, 0.29) is 0 Å². The van der Waals surface area contributed by atoms with Crippen LogP contribution < -0.4 is 15.4 Å². The number of aromatic nitrogens is 2. The van der Waals surface area contributed by atoms with Crippen LogP contribution in [0.2, 0.25) is 0 Å². The van der Waals surface area contributed by atoms with Crippen molar-refractivity contribution in [1.29, 1.82) is 0 Å². The molecule has 2 rings (SSSR count). The topological polar surface area (TPSA) is 59.1 Å². The quantitative estimate of drug-likeness (QED) is 0.830. The van der Waals surface area contributed by atoms with Crippen LogP contribution >= 0.6 is 0 Å². The molecular formula is C14H18N4O. The van der Waals surface area contributed by atoms with Crippen molar-refractivity contribution in [2.75, 3.05) is 26.0 Å². The summed E-state index contributed by atoms with van der Waals surface area (Å²) in [5, 5.41) is 6.33. The van der Waals surface area contributed by atoms with Crippen LogP contribution in [0, 0.1) is 0 Å². The third-order valence-electron chi connectivity index (χ3n) is 2.67. The molecule has 5 heteroatoms. The zero-order valence-electron chi connectivity index (χ0n) is 11.2. The molecule has 0 atom stereocenters. The van der Waals surface area contributed by atoms with E-state index in [1.807, 2.05) is 37.4 Å². The van der Waals surface area contributed by atoms with Crippen molar-refractivity contribution in [3.63, 3.8) is 0 Å². The van der Waals surface area contributed by atoms with Crippen LogP contribution in [0.15, 0.2) is 36.5 Å². The molecule has 0 bridgehead atoms. The number of nitrogens with zero attached hydrogens (tertiary/aromatic N) is 2. The van der Waals surface area contributed by atoms with E-state index in [4.69, 9.17) is 4.74 Å². The van der Waals surface area contributed by atoms with Crippen LogP contribution in [0.3, 0.4) is 0 Å². The van der Waals surface area contributed by atoms with Gasteiger partial charge < -0.3 is 15.4 Å². The zero-order chi connectivity index (χ0) is 13.5. The fourth-order valence-corrected chi connectivity index (χ4v) is 1.71. The van der Waals surface area contributed by atoms with Crippen molar-refractivity contribution in [3.05, 3.63) is 42.4 Å². The Morgan fingerprint density at radius 1 is 1.21 bits per heavy atom. The van der Waals surface area contributed by atoms with Gasteiger partial charge in [-0.15, -0.1) is 0 Å². The lowest BCUT2D eigenvalue weighted by atomic mass is 10.3. The minimum absolute atomic E-state index is 0.769. The van der Waals surface area contributed by atoms with Crippen LogP contribution in [-0.4, -0.2) is 30.7 Å². The second-order valence-electron chi connectivity index (χ2n) is 4.04. The van der Waals surface area contributed by atoms with E-state index in [1.165, 1.54) is 0 Å². The molecule has 0 aliphatic carbocycles. The van der Waals surface area contributed by atoms with Gasteiger partial charge in [0.25, 0.3) is 0 Å². The first-order valence-electron chi connectivity index (χ1n) is 6.20. The van der Waals surface area contributed by atoms with Crippen molar-refractivity contribution in [1.82, 2.24) is 15.3 Å². The number of methoxy groups -OCH3 is 1. The highest BCUT2D eigenvalue weighted by Crippen LogP contribution is 2.25. The van der Waals surface area contributed by atoms with Crippen LogP contribution in [0.4, 0.5) is 11.5 Å². The molecule has 2 aromatic rings. The maximum atomic E-state index is 5.30. The summed E-state index contributed by atoms with van der Waals surface area (Å²) in [6.07, 6.45) is 2.56. The molecule has 0 saturated heterocycles. The molecule has 0 aliphatic rings. The molecule has 0 radical (unpaired) electrons. The normalized spacial score (nSPS) is 10.2. The highest BCUT2D eigenvalue weighted by molar-refractivity contribution is 5.63. The molecule has 5 nitrogen and oxygen atoms in total. The molecule has 19 heavy (non-hydrogen) atoms. The highest BCUT2D eigenvalue weighted by Gasteiger charge is 2.04. The molecule has 0 unspecified atom stereocenters. The maximum Gasteiger partial charge on any atom is 0.142 e. The Kier molecular flexibility index (Phi) is 4.69. The Labute approximate surface area is 113 Å². The fraction of sp³-hybridized carbons (Fsp3) is 0.286. The van der Waals surface area contributed by atoms with Crippen LogP contribution in [0.1, 0.15) is 5.82 Å². The molecule has 0 saturated carbocycles. The Morgan fingerprint density at radius 2 is 2.05 bits per heavy atom. The molecular weight excluding hydrogens is 240 g/mol. The van der Waals surface area contributed by atoms with Crippen molar-refractivity contribution < 1.29 is 4.74 Å². The van der Waals surface area contributed by atoms with Gasteiger partial charge in [-0.3, -0.25) is 0 Å². The minimum atomic E-state index is 0.769. The largest absolute Gasteiger partial charge is 0.495 e. The third-order valence-corrected chi connectivity index (χ3v) is 2.67. The Balaban J connectivity index is 2.14. The molecule has 1 aromatic carbocycles. The molecule has 1 aromatic heterocycles. The Morgan fingerprint density at radius 3 is 2.84 bits per heavy atom. The van der Waals surface area contributed by atoms with Gasteiger partial charge in [-0.2, -0.15) is 0 Å². The van der Waals surface area contributed by atoms with Gasteiger partial charge in [0, 0.05) is 19.2 Å². The zero-order valence-corrected chi connectivity index (χ0v) is 11.2. The van der Waals surface area contributed by atoms with E-state index in [9.17, 15) is 0 Å². The van der Waals surface area contributed by atoms with Gasteiger partial charge in [0.05, 0.1) is 12.8 Å². The lowest BCUT2D eigenvalue weighted by Crippen LogP contribution is -2.12. The first-order chi connectivity index (χ1) is 9.33. The summed E-state index contributed by atoms with van der Waals surface area (Å²) in [6.45, 7) is 0.859. The predicted molar refractivity (Wildman–Crippen MR) is 75.9 cm³/mol. The number of nitrogens with one attached hydrogen (secondary N) is 2. The van der Waals surface area contributed by atoms with E-state index < -0.39 is 0 Å². The van der Waals surface area contributed by atoms with Crippen LogP contribution in [-0.2, 0) is 6.42 Å². The summed E-state index contributed by atoms with van der Waals surface area (Å²) in [4.78, 5) is 8.70. The fourth-order valence-electron chi connectivity index (χ4n) is 1.71. The van der Waals surface area contributed by atoms with E-state index >= 15 is 0 Å². The summed E-state index contributed by atoms with van der Waals surface area (Å²) >= 11 is 0. The van der Waals surface area contributed by atoms with Gasteiger partial charge in [-0.1, -0.05) is 12.1 Å². The van der Waals surface area contributed by atoms with E-state index in [0.717, 1.165) is 36.0 Å². The predicted octanol–water partition coefficient (Wildman–Crippen LogP) is 1.99. The van der Waals surface area contributed by atoms with E-state index in [2.05, 4.69) is 20.6 Å². The second-order valence-corrected chi connectivity index (χ2v) is 4.04. The molecule has 0 fully saturated rings. The number of anilines is 2. The van der Waals surface area contributed by atoms with Gasteiger partial charge in [0.1, 0.15) is 17.4 Å². The van der Waals surface area contributed by atoms with Crippen molar-refractivity contribution in [2.24, 2.45) is 0 Å². The summed E-state index contributed by atoms with van der Waals surface area (Å²) < 4.78 is 5.30. The first kappa shape index (κ1) is 13.3. The maximum absolute atomic E-state index is 5.30. The molecule has 0 spiro atoms. The van der Waals surface area contributed by atoms with Crippen molar-refractivity contribution in [3.8, 4) is 5.75 Å². The number of para-hydroxylation sites is 2. The van der Waals surface area contributed by atoms with Crippen molar-refractivity contribution in [2.45, 2.75) is 6.42 Å². The molecule has 0 amide bonds. The standard InChI is InChI=1S/C14H18N4O/c1-15-9-7-13-16-10-8-14(18-13)17-11-5-3-4-6-12(11)19-2/h3-6,8,10,15H,7,9H2,1-2H3,(H,16,17,18). The average molecular weight is 258 g/mol. The first-order valence-corrected chi connectivity index (χ1v) is 6.20. The van der Waals surface area contributed by atoms with Crippen LogP contribution in [0.5, 0.6) is 5.75 Å². The number of benzene rings is 1. The number of ether oxygens (including phenoxy) is 1. The Hall–Kier alpha value is -2.14. The smallest absolute Gasteiger partial charge is 0.142 e. The number of rotatable bonds is 6. The lowest BCUT2D eigenvalue weighted by Gasteiger charge is -2.10. The van der Waals surface area contributed by atoms with E-state index in [0.29, 0.717) is 0 Å². The molecule has 100 valence electrons. The number of hydrogen-bond acceptors (Lipinski definition) is 5. The van der Waals surface area contributed by atoms with Gasteiger partial charge in [-0.05, 0) is 25.2 Å². The van der Waals surface area contributed by atoms with Gasteiger partial charge in [-0.25, -0.2) is 9.97 Å². The second kappa shape index (κ2) is 6.70. The Bertz CT molecular complexity index is 530. The monoisotopic (exact) mass is 258 g/mol. The van der Waals surface area contributed by atoms with Gasteiger partial charge in [0.15, 0.2) is 0 Å². The minimum Gasteiger partial charge on any atom is -0.495 e. The van der Waals surface area contributed by atoms with E-state index in [1.54, 1.807) is 13.3 Å². The number of hydrogen-bond donors (Lipinski definition) is 2. The average Bonchev–Trinajstić information content (AvgIpc) is 2.46. The van der Waals surface area contributed by atoms with Crippen LogP contribution in [0.25, 0.3) is 0 Å². The number of likely N-dealkylation sites (N-methyl/N-ethyl adjacent to an activating group) is 1. The molecule has 1 heterocycles. The summed E-state index contributed by atoms with van der Waals surface area (Å²) in [7, 11) is 3.57. The lowest BCUT2D eigenvalue weighted by molar-refractivity contribution is 0.417. The highest BCUT2D eigenvalue weighted by atomic mass is 16.5.